The molecule has 25 heavy (non-hydrogen) atoms. The number of phenols is 1. The van der Waals surface area contributed by atoms with Crippen molar-refractivity contribution in [1.29, 1.82) is 0 Å². The molecule has 4 heteroatoms. The Balaban J connectivity index is 1.91. The van der Waals surface area contributed by atoms with Crippen molar-refractivity contribution in [1.82, 2.24) is 0 Å². The number of carbonyl (C=O) groups excluding carboxylic acids is 1. The van der Waals surface area contributed by atoms with Crippen LogP contribution in [0, 0.1) is 0 Å². The molecule has 0 unspecified atom stereocenters. The fourth-order valence-corrected chi connectivity index (χ4v) is 2.45. The van der Waals surface area contributed by atoms with Gasteiger partial charge in [-0.25, -0.2) is 0 Å². The van der Waals surface area contributed by atoms with Gasteiger partial charge in [-0.2, -0.15) is 0 Å². The standard InChI is InChI=1S/C21H17NO3/c1-25-20-12-11-15(13-19(20)23)14-22-18-10-6-5-9-17(18)21(24)16-7-3-2-4-8-16/h2-14,23H,1H3. The summed E-state index contributed by atoms with van der Waals surface area (Å²) in [4.78, 5) is 17.1. The van der Waals surface area contributed by atoms with Crippen molar-refractivity contribution in [3.8, 4) is 11.5 Å². The van der Waals surface area contributed by atoms with Crippen LogP contribution in [0.4, 0.5) is 5.69 Å². The molecule has 0 radical (unpaired) electrons. The molecule has 0 aliphatic heterocycles. The maximum atomic E-state index is 12.7. The van der Waals surface area contributed by atoms with Gasteiger partial charge >= 0.3 is 0 Å². The highest BCUT2D eigenvalue weighted by molar-refractivity contribution is 6.12. The second-order valence-electron chi connectivity index (χ2n) is 5.40. The lowest BCUT2D eigenvalue weighted by Crippen LogP contribution is -2.01. The SMILES string of the molecule is COc1ccc(C=Nc2ccccc2C(=O)c2ccccc2)cc1O. The number of aliphatic imine (C=N–C) groups is 1. The molecule has 0 aliphatic rings. The molecule has 0 fully saturated rings. The number of phenolic OH excluding ortho intramolecular Hbond substituents is 1. The first-order valence-electron chi connectivity index (χ1n) is 7.79. The number of carbonyl (C=O) groups is 1. The van der Waals surface area contributed by atoms with Crippen molar-refractivity contribution >= 4 is 17.7 Å². The molecule has 0 saturated carbocycles. The third-order valence-corrected chi connectivity index (χ3v) is 3.74. The van der Waals surface area contributed by atoms with Gasteiger partial charge in [-0.15, -0.1) is 0 Å². The summed E-state index contributed by atoms with van der Waals surface area (Å²) < 4.78 is 5.02. The van der Waals surface area contributed by atoms with Crippen molar-refractivity contribution in [2.75, 3.05) is 7.11 Å². The first-order chi connectivity index (χ1) is 12.2. The number of hydrogen-bond acceptors (Lipinski definition) is 4. The van der Waals surface area contributed by atoms with Crippen molar-refractivity contribution in [3.63, 3.8) is 0 Å². The van der Waals surface area contributed by atoms with Crippen molar-refractivity contribution < 1.29 is 14.6 Å². The molecule has 0 heterocycles. The van der Waals surface area contributed by atoms with E-state index in [9.17, 15) is 9.90 Å². The van der Waals surface area contributed by atoms with Gasteiger partial charge in [0.15, 0.2) is 17.3 Å². The molecule has 124 valence electrons. The first-order valence-corrected chi connectivity index (χ1v) is 7.79. The summed E-state index contributed by atoms with van der Waals surface area (Å²) in [6.45, 7) is 0. The Hall–Kier alpha value is -3.40. The molecule has 3 aromatic rings. The Morgan fingerprint density at radius 2 is 1.72 bits per heavy atom. The Kier molecular flexibility index (Phi) is 4.90. The fourth-order valence-electron chi connectivity index (χ4n) is 2.45. The second kappa shape index (κ2) is 7.45. The Morgan fingerprint density at radius 3 is 2.44 bits per heavy atom. The largest absolute Gasteiger partial charge is 0.504 e. The van der Waals surface area contributed by atoms with E-state index in [1.54, 1.807) is 48.7 Å². The number of ketones is 1. The normalized spacial score (nSPS) is 10.8. The van der Waals surface area contributed by atoms with Gasteiger partial charge in [0.05, 0.1) is 12.8 Å². The molecule has 3 rings (SSSR count). The van der Waals surface area contributed by atoms with E-state index in [1.807, 2.05) is 30.3 Å². The Bertz CT molecular complexity index is 917. The third-order valence-electron chi connectivity index (χ3n) is 3.74. The zero-order valence-corrected chi connectivity index (χ0v) is 13.7. The summed E-state index contributed by atoms with van der Waals surface area (Å²) >= 11 is 0. The van der Waals surface area contributed by atoms with E-state index in [0.29, 0.717) is 28.1 Å². The minimum atomic E-state index is -0.0778. The third kappa shape index (κ3) is 3.75. The molecular formula is C21H17NO3. The van der Waals surface area contributed by atoms with Gasteiger partial charge in [-0.05, 0) is 35.9 Å². The number of nitrogens with zero attached hydrogens (tertiary/aromatic N) is 1. The van der Waals surface area contributed by atoms with Gasteiger partial charge in [0.25, 0.3) is 0 Å². The van der Waals surface area contributed by atoms with E-state index < -0.39 is 0 Å². The zero-order chi connectivity index (χ0) is 17.6. The van der Waals surface area contributed by atoms with Crippen molar-refractivity contribution in [2.24, 2.45) is 4.99 Å². The van der Waals surface area contributed by atoms with E-state index >= 15 is 0 Å². The zero-order valence-electron chi connectivity index (χ0n) is 13.7. The van der Waals surface area contributed by atoms with E-state index in [-0.39, 0.29) is 11.5 Å². The second-order valence-corrected chi connectivity index (χ2v) is 5.40. The van der Waals surface area contributed by atoms with Gasteiger partial charge in [0, 0.05) is 17.3 Å². The van der Waals surface area contributed by atoms with Gasteiger partial charge in [0.1, 0.15) is 0 Å². The fraction of sp³-hybridized carbons (Fsp3) is 0.0476. The molecule has 0 bridgehead atoms. The maximum absolute atomic E-state index is 12.7. The molecule has 4 nitrogen and oxygen atoms in total. The molecule has 0 saturated heterocycles. The van der Waals surface area contributed by atoms with Crippen molar-refractivity contribution in [2.45, 2.75) is 0 Å². The quantitative estimate of drug-likeness (QED) is 0.557. The Morgan fingerprint density at radius 1 is 1.00 bits per heavy atom. The van der Waals surface area contributed by atoms with E-state index in [4.69, 9.17) is 4.74 Å². The summed E-state index contributed by atoms with van der Waals surface area (Å²) in [6, 6.07) is 21.3. The average molecular weight is 331 g/mol. The lowest BCUT2D eigenvalue weighted by atomic mass is 10.0. The molecule has 0 amide bonds. The lowest BCUT2D eigenvalue weighted by Gasteiger charge is -2.05. The smallest absolute Gasteiger partial charge is 0.195 e. The highest BCUT2D eigenvalue weighted by Gasteiger charge is 2.12. The molecule has 0 aromatic heterocycles. The van der Waals surface area contributed by atoms with Crippen LogP contribution >= 0.6 is 0 Å². The summed E-state index contributed by atoms with van der Waals surface area (Å²) in [5, 5.41) is 9.84. The number of aromatic hydroxyl groups is 1. The van der Waals surface area contributed by atoms with Crippen LogP contribution in [0.15, 0.2) is 77.8 Å². The van der Waals surface area contributed by atoms with Gasteiger partial charge in [0.2, 0.25) is 0 Å². The number of hydrogen-bond donors (Lipinski definition) is 1. The summed E-state index contributed by atoms with van der Waals surface area (Å²) in [6.07, 6.45) is 1.61. The molecule has 0 spiro atoms. The van der Waals surface area contributed by atoms with Gasteiger partial charge < -0.3 is 9.84 Å². The minimum Gasteiger partial charge on any atom is -0.504 e. The van der Waals surface area contributed by atoms with Crippen LogP contribution in [0.3, 0.4) is 0 Å². The van der Waals surface area contributed by atoms with E-state index in [0.717, 1.165) is 0 Å². The van der Waals surface area contributed by atoms with Crippen LogP contribution in [-0.4, -0.2) is 24.2 Å². The van der Waals surface area contributed by atoms with Crippen molar-refractivity contribution in [3.05, 3.63) is 89.5 Å². The number of rotatable bonds is 5. The van der Waals surface area contributed by atoms with E-state index in [1.165, 1.54) is 7.11 Å². The highest BCUT2D eigenvalue weighted by Crippen LogP contribution is 2.26. The lowest BCUT2D eigenvalue weighted by molar-refractivity contribution is 0.103. The van der Waals surface area contributed by atoms with Gasteiger partial charge in [-0.1, -0.05) is 42.5 Å². The monoisotopic (exact) mass is 331 g/mol. The Labute approximate surface area is 146 Å². The maximum Gasteiger partial charge on any atom is 0.195 e. The number of para-hydroxylation sites is 1. The van der Waals surface area contributed by atoms with Crippen LogP contribution in [0.5, 0.6) is 11.5 Å². The van der Waals surface area contributed by atoms with Crippen LogP contribution in [0.2, 0.25) is 0 Å². The minimum absolute atomic E-state index is 0.0418. The molecular weight excluding hydrogens is 314 g/mol. The van der Waals surface area contributed by atoms with E-state index in [2.05, 4.69) is 4.99 Å². The first kappa shape index (κ1) is 16.5. The van der Waals surface area contributed by atoms with Gasteiger partial charge in [-0.3, -0.25) is 9.79 Å². The number of benzene rings is 3. The van der Waals surface area contributed by atoms with Crippen LogP contribution in [0.25, 0.3) is 0 Å². The average Bonchev–Trinajstić information content (AvgIpc) is 2.67. The molecule has 1 N–H and O–H groups in total. The van der Waals surface area contributed by atoms with Crippen LogP contribution in [0.1, 0.15) is 21.5 Å². The predicted molar refractivity (Wildman–Crippen MR) is 98.2 cm³/mol. The molecule has 3 aromatic carbocycles. The summed E-state index contributed by atoms with van der Waals surface area (Å²) in [5.41, 5.74) is 2.43. The molecule has 0 atom stereocenters. The summed E-state index contributed by atoms with van der Waals surface area (Å²) in [7, 11) is 1.49. The number of methoxy groups -OCH3 is 1. The predicted octanol–water partition coefficient (Wildman–Crippen LogP) is 4.38. The highest BCUT2D eigenvalue weighted by atomic mass is 16.5. The molecule has 0 aliphatic carbocycles. The topological polar surface area (TPSA) is 58.9 Å². The number of ether oxygens (including phenoxy) is 1. The van der Waals surface area contributed by atoms with Crippen LogP contribution < -0.4 is 4.74 Å². The van der Waals surface area contributed by atoms with Crippen LogP contribution in [-0.2, 0) is 0 Å². The summed E-state index contributed by atoms with van der Waals surface area (Å²) in [5.74, 6) is 0.364.